The number of hydrogen-bond acceptors (Lipinski definition) is 6. The molecule has 0 aliphatic heterocycles. The van der Waals surface area contributed by atoms with Crippen molar-refractivity contribution in [3.63, 3.8) is 0 Å². The second-order valence-electron chi connectivity index (χ2n) is 7.57. The summed E-state index contributed by atoms with van der Waals surface area (Å²) in [6, 6.07) is 9.45. The molecular formula is C20H19F3N6O2S. The third kappa shape index (κ3) is 5.02. The van der Waals surface area contributed by atoms with Gasteiger partial charge in [-0.2, -0.15) is 18.3 Å². The molecule has 0 N–H and O–H groups in total. The molecule has 3 aromatic rings. The first-order chi connectivity index (χ1) is 15.2. The van der Waals surface area contributed by atoms with Crippen molar-refractivity contribution in [1.29, 1.82) is 0 Å². The first-order valence-corrected chi connectivity index (χ1v) is 10.2. The van der Waals surface area contributed by atoms with Crippen LogP contribution < -0.4 is 0 Å². The van der Waals surface area contributed by atoms with E-state index in [0.717, 1.165) is 23.3 Å². The highest BCUT2D eigenvalue weighted by Gasteiger charge is 2.33. The van der Waals surface area contributed by atoms with Gasteiger partial charge in [-0.1, -0.05) is 18.2 Å². The van der Waals surface area contributed by atoms with Gasteiger partial charge in [0.05, 0.1) is 18.1 Å². The van der Waals surface area contributed by atoms with Crippen LogP contribution in [-0.2, 0) is 13.2 Å². The Hall–Kier alpha value is -3.12. The minimum absolute atomic E-state index is 0.158. The van der Waals surface area contributed by atoms with Crippen molar-refractivity contribution in [2.75, 3.05) is 6.54 Å². The zero-order valence-electron chi connectivity index (χ0n) is 16.8. The maximum Gasteiger partial charge on any atom is 0.401 e. The van der Waals surface area contributed by atoms with Crippen LogP contribution in [0.25, 0.3) is 11.4 Å². The number of nitro groups is 1. The molecule has 1 saturated carbocycles. The topological polar surface area (TPSA) is 82.0 Å². The van der Waals surface area contributed by atoms with Crippen LogP contribution in [0, 0.1) is 14.9 Å². The molecule has 2 aromatic heterocycles. The lowest BCUT2D eigenvalue weighted by atomic mass is 10.1. The molecule has 4 rings (SSSR count). The number of alkyl halides is 3. The van der Waals surface area contributed by atoms with Crippen molar-refractivity contribution >= 4 is 17.9 Å². The molecule has 1 aromatic carbocycles. The maximum atomic E-state index is 13.3. The molecule has 12 heteroatoms. The van der Waals surface area contributed by atoms with Gasteiger partial charge in [0.15, 0.2) is 10.6 Å². The summed E-state index contributed by atoms with van der Waals surface area (Å²) in [5.41, 5.74) is 0.714. The lowest BCUT2D eigenvalue weighted by Crippen LogP contribution is -2.35. The monoisotopic (exact) mass is 464 g/mol. The smallest absolute Gasteiger partial charge is 0.297 e. The number of benzene rings is 1. The Morgan fingerprint density at radius 3 is 2.50 bits per heavy atom. The zero-order chi connectivity index (χ0) is 22.9. The van der Waals surface area contributed by atoms with Crippen LogP contribution in [0.5, 0.6) is 0 Å². The number of hydrogen-bond donors (Lipinski definition) is 0. The second-order valence-corrected chi connectivity index (χ2v) is 7.94. The van der Waals surface area contributed by atoms with Crippen LogP contribution >= 0.6 is 12.2 Å². The minimum Gasteiger partial charge on any atom is -0.297 e. The molecule has 0 unspecified atom stereocenters. The zero-order valence-corrected chi connectivity index (χ0v) is 17.6. The fourth-order valence-electron chi connectivity index (χ4n) is 3.53. The number of nitro benzene ring substituents is 1. The van der Waals surface area contributed by atoms with Crippen LogP contribution in [0.3, 0.4) is 0 Å². The number of aromatic nitrogens is 4. The highest BCUT2D eigenvalue weighted by molar-refractivity contribution is 7.71. The average Bonchev–Trinajstić information content (AvgIpc) is 3.52. The molecule has 8 nitrogen and oxygen atoms in total. The van der Waals surface area contributed by atoms with Crippen LogP contribution in [0.2, 0.25) is 0 Å². The van der Waals surface area contributed by atoms with Crippen molar-refractivity contribution in [3.05, 3.63) is 69.2 Å². The average molecular weight is 464 g/mol. The van der Waals surface area contributed by atoms with E-state index in [-0.39, 0.29) is 30.5 Å². The predicted octanol–water partition coefficient (Wildman–Crippen LogP) is 4.74. The van der Waals surface area contributed by atoms with Gasteiger partial charge in [0.25, 0.3) is 5.69 Å². The first-order valence-electron chi connectivity index (χ1n) is 9.84. The highest BCUT2D eigenvalue weighted by Crippen LogP contribution is 2.38. The number of para-hydroxylation sites is 1. The Morgan fingerprint density at radius 1 is 1.19 bits per heavy atom. The van der Waals surface area contributed by atoms with Crippen molar-refractivity contribution < 1.29 is 18.1 Å². The van der Waals surface area contributed by atoms with E-state index >= 15 is 0 Å². The minimum atomic E-state index is -4.50. The first kappa shape index (κ1) is 22.1. The molecular weight excluding hydrogens is 445 g/mol. The van der Waals surface area contributed by atoms with Gasteiger partial charge in [0.1, 0.15) is 0 Å². The number of rotatable bonds is 8. The van der Waals surface area contributed by atoms with Crippen molar-refractivity contribution in [2.24, 2.45) is 0 Å². The summed E-state index contributed by atoms with van der Waals surface area (Å²) in [6.45, 7) is -1.80. The molecule has 0 amide bonds. The number of pyridine rings is 1. The Bertz CT molecular complexity index is 1170. The molecule has 1 aliphatic carbocycles. The third-order valence-corrected chi connectivity index (χ3v) is 5.45. The second kappa shape index (κ2) is 8.79. The van der Waals surface area contributed by atoms with Gasteiger partial charge < -0.3 is 0 Å². The number of nitrogens with zero attached hydrogens (tertiary/aromatic N) is 6. The van der Waals surface area contributed by atoms with Crippen LogP contribution in [0.4, 0.5) is 18.9 Å². The van der Waals surface area contributed by atoms with Gasteiger partial charge in [-0.3, -0.25) is 24.6 Å². The largest absolute Gasteiger partial charge is 0.401 e. The van der Waals surface area contributed by atoms with Gasteiger partial charge in [-0.05, 0) is 37.2 Å². The lowest BCUT2D eigenvalue weighted by molar-refractivity contribution is -0.385. The van der Waals surface area contributed by atoms with Crippen molar-refractivity contribution in [2.45, 2.75) is 38.3 Å². The van der Waals surface area contributed by atoms with E-state index in [2.05, 4.69) is 10.1 Å². The maximum absolute atomic E-state index is 13.3. The molecule has 0 atom stereocenters. The van der Waals surface area contributed by atoms with Gasteiger partial charge in [0.2, 0.25) is 0 Å². The SMILES string of the molecule is O=[N+]([O-])c1ccccc1CN(Cn1nc(-c2ccncc2)n(C2CC2)c1=S)CC(F)(F)F. The van der Waals surface area contributed by atoms with Gasteiger partial charge in [-0.25, -0.2) is 4.68 Å². The van der Waals surface area contributed by atoms with Crippen molar-refractivity contribution in [3.8, 4) is 11.4 Å². The quantitative estimate of drug-likeness (QED) is 0.272. The Balaban J connectivity index is 1.69. The van der Waals surface area contributed by atoms with Crippen LogP contribution in [0.15, 0.2) is 48.8 Å². The standard InChI is InChI=1S/C20H19F3N6O2S/c21-20(22,23)12-26(11-15-3-1-2-4-17(15)29(30)31)13-27-19(32)28(16-5-6-16)18(25-27)14-7-9-24-10-8-14/h1-4,7-10,16H,5-6,11-13H2. The third-order valence-electron chi connectivity index (χ3n) is 5.04. The summed E-state index contributed by atoms with van der Waals surface area (Å²) in [6.07, 6.45) is 0.554. The van der Waals surface area contributed by atoms with Gasteiger partial charge in [0, 0.05) is 42.2 Å². The summed E-state index contributed by atoms with van der Waals surface area (Å²) in [5.74, 6) is 0.567. The molecule has 1 fully saturated rings. The molecule has 0 bridgehead atoms. The molecule has 1 aliphatic rings. The lowest BCUT2D eigenvalue weighted by Gasteiger charge is -2.23. The Kier molecular flexibility index (Phi) is 6.07. The molecule has 32 heavy (non-hydrogen) atoms. The normalized spacial score (nSPS) is 14.1. The van der Waals surface area contributed by atoms with E-state index in [0.29, 0.717) is 10.6 Å². The van der Waals surface area contributed by atoms with E-state index in [4.69, 9.17) is 12.2 Å². The highest BCUT2D eigenvalue weighted by atomic mass is 32.1. The van der Waals surface area contributed by atoms with Crippen LogP contribution in [0.1, 0.15) is 24.4 Å². The molecule has 168 valence electrons. The van der Waals surface area contributed by atoms with Gasteiger partial charge in [-0.15, -0.1) is 0 Å². The predicted molar refractivity (Wildman–Crippen MR) is 112 cm³/mol. The molecule has 0 radical (unpaired) electrons. The summed E-state index contributed by atoms with van der Waals surface area (Å²) >= 11 is 5.55. The van der Waals surface area contributed by atoms with E-state index < -0.39 is 17.6 Å². The fraction of sp³-hybridized carbons (Fsp3) is 0.350. The Labute approximate surface area is 186 Å². The molecule has 0 saturated heterocycles. The summed E-state index contributed by atoms with van der Waals surface area (Å²) in [7, 11) is 0. The van der Waals surface area contributed by atoms with E-state index in [1.165, 1.54) is 22.9 Å². The van der Waals surface area contributed by atoms with Crippen molar-refractivity contribution in [1.82, 2.24) is 24.2 Å². The van der Waals surface area contributed by atoms with E-state index in [1.807, 2.05) is 4.57 Å². The summed E-state index contributed by atoms with van der Waals surface area (Å²) in [5, 5.41) is 15.8. The molecule has 0 spiro atoms. The summed E-state index contributed by atoms with van der Waals surface area (Å²) < 4.78 is 43.5. The van der Waals surface area contributed by atoms with Gasteiger partial charge >= 0.3 is 6.18 Å². The number of halogens is 3. The van der Waals surface area contributed by atoms with E-state index in [9.17, 15) is 23.3 Å². The Morgan fingerprint density at radius 2 is 1.88 bits per heavy atom. The summed E-state index contributed by atoms with van der Waals surface area (Å²) in [4.78, 5) is 15.8. The van der Waals surface area contributed by atoms with Crippen LogP contribution in [-0.4, -0.2) is 41.9 Å². The molecule has 2 heterocycles. The fourth-order valence-corrected chi connectivity index (χ4v) is 3.87. The van der Waals surface area contributed by atoms with E-state index in [1.54, 1.807) is 30.6 Å².